The molecule has 0 aliphatic rings. The second-order valence-corrected chi connectivity index (χ2v) is 7.01. The number of rotatable bonds is 6. The molecule has 27 heavy (non-hydrogen) atoms. The molecule has 0 saturated carbocycles. The van der Waals surface area contributed by atoms with E-state index >= 15 is 0 Å². The summed E-state index contributed by atoms with van der Waals surface area (Å²) in [6.45, 7) is 3.58. The number of nitrogens with one attached hydrogen (secondary N) is 1. The quantitative estimate of drug-likeness (QED) is 0.661. The van der Waals surface area contributed by atoms with Crippen LogP contribution in [0.3, 0.4) is 0 Å². The van der Waals surface area contributed by atoms with Crippen molar-refractivity contribution in [2.24, 2.45) is 0 Å². The summed E-state index contributed by atoms with van der Waals surface area (Å²) in [5.41, 5.74) is 1.47. The van der Waals surface area contributed by atoms with E-state index in [-0.39, 0.29) is 17.8 Å². The van der Waals surface area contributed by atoms with Crippen LogP contribution in [0.15, 0.2) is 52.6 Å². The topological polar surface area (TPSA) is 77.4 Å². The monoisotopic (exact) mass is 384 g/mol. The van der Waals surface area contributed by atoms with Gasteiger partial charge in [-0.1, -0.05) is 47.7 Å². The average molecular weight is 384 g/mol. The highest BCUT2D eigenvalue weighted by atomic mass is 32.1. The fraction of sp³-hybridized carbons (Fsp3) is 0.250. The molecule has 0 aliphatic heterocycles. The normalized spacial score (nSPS) is 11.9. The first kappa shape index (κ1) is 18.8. The van der Waals surface area contributed by atoms with Crippen LogP contribution in [-0.4, -0.2) is 22.5 Å². The predicted molar refractivity (Wildman–Crippen MR) is 106 cm³/mol. The summed E-state index contributed by atoms with van der Waals surface area (Å²) in [7, 11) is 0. The Labute approximate surface area is 160 Å². The Morgan fingerprint density at radius 3 is 2.67 bits per heavy atom. The van der Waals surface area contributed by atoms with Crippen LogP contribution in [0.2, 0.25) is 0 Å². The summed E-state index contributed by atoms with van der Waals surface area (Å²) in [6, 6.07) is 13.3. The molecule has 6 nitrogen and oxygen atoms in total. The van der Waals surface area contributed by atoms with E-state index in [1.54, 1.807) is 11.4 Å². The van der Waals surface area contributed by atoms with E-state index in [2.05, 4.69) is 5.32 Å². The van der Waals surface area contributed by atoms with Crippen LogP contribution in [0.5, 0.6) is 0 Å². The van der Waals surface area contributed by atoms with Crippen molar-refractivity contribution in [1.29, 1.82) is 0 Å². The molecule has 0 spiro atoms. The maximum atomic E-state index is 12.4. The van der Waals surface area contributed by atoms with Gasteiger partial charge in [-0.3, -0.25) is 14.4 Å². The molecule has 140 valence electrons. The van der Waals surface area contributed by atoms with Crippen molar-refractivity contribution >= 4 is 39.7 Å². The van der Waals surface area contributed by atoms with Gasteiger partial charge in [0.25, 0.3) is 5.91 Å². The van der Waals surface area contributed by atoms with Crippen molar-refractivity contribution in [3.05, 3.63) is 63.2 Å². The Morgan fingerprint density at radius 2 is 1.93 bits per heavy atom. The zero-order valence-electron chi connectivity index (χ0n) is 15.1. The van der Waals surface area contributed by atoms with Gasteiger partial charge in [0.15, 0.2) is 6.10 Å². The average Bonchev–Trinajstić information content (AvgIpc) is 2.98. The molecule has 0 aliphatic carbocycles. The number of carbonyl (C=O) groups is 2. The van der Waals surface area contributed by atoms with Gasteiger partial charge >= 0.3 is 10.8 Å². The molecule has 0 fully saturated rings. The molecule has 3 aromatic rings. The van der Waals surface area contributed by atoms with Crippen molar-refractivity contribution in [3.63, 3.8) is 0 Å². The molecule has 7 heteroatoms. The number of anilines is 1. The number of hydrogen-bond acceptors (Lipinski definition) is 5. The summed E-state index contributed by atoms with van der Waals surface area (Å²) in [5, 5.41) is 6.48. The maximum Gasteiger partial charge on any atom is 0.308 e. The number of benzene rings is 2. The smallest absolute Gasteiger partial charge is 0.308 e. The molecular weight excluding hydrogens is 364 g/mol. The fourth-order valence-corrected chi connectivity index (χ4v) is 3.52. The highest BCUT2D eigenvalue weighted by Crippen LogP contribution is 2.23. The van der Waals surface area contributed by atoms with E-state index in [0.29, 0.717) is 5.69 Å². The largest absolute Gasteiger partial charge is 0.452 e. The molecule has 3 rings (SSSR count). The standard InChI is InChI=1S/C20H20N2O4S/c1-13-12-27-20(25)22(13)11-10-18(23)26-14(2)19(24)21-17-9-5-7-15-6-3-4-8-16(15)17/h3-9,12,14H,10-11H2,1-2H3,(H,21,24). The van der Waals surface area contributed by atoms with Crippen LogP contribution in [0.4, 0.5) is 5.69 Å². The molecule has 1 aromatic heterocycles. The minimum absolute atomic E-state index is 0.0311. The highest BCUT2D eigenvalue weighted by molar-refractivity contribution is 7.07. The van der Waals surface area contributed by atoms with Crippen molar-refractivity contribution in [3.8, 4) is 0 Å². The van der Waals surface area contributed by atoms with Gasteiger partial charge in [0.2, 0.25) is 0 Å². The third kappa shape index (κ3) is 4.43. The maximum absolute atomic E-state index is 12.4. The van der Waals surface area contributed by atoms with Crippen molar-refractivity contribution in [2.75, 3.05) is 5.32 Å². The summed E-state index contributed by atoms with van der Waals surface area (Å²) >= 11 is 1.09. The molecule has 1 N–H and O–H groups in total. The lowest BCUT2D eigenvalue weighted by atomic mass is 10.1. The van der Waals surface area contributed by atoms with Crippen molar-refractivity contribution in [1.82, 2.24) is 4.57 Å². The summed E-state index contributed by atoms with van der Waals surface area (Å²) in [5.74, 6) is -0.920. The van der Waals surface area contributed by atoms with E-state index in [1.807, 2.05) is 43.3 Å². The SMILES string of the molecule is Cc1csc(=O)n1CCC(=O)OC(C)C(=O)Nc1cccc2ccccc12. The van der Waals surface area contributed by atoms with Crippen LogP contribution in [0, 0.1) is 6.92 Å². The minimum atomic E-state index is -0.934. The third-order valence-electron chi connectivity index (χ3n) is 4.24. The van der Waals surface area contributed by atoms with Gasteiger partial charge in [0.05, 0.1) is 6.42 Å². The Kier molecular flexibility index (Phi) is 5.71. The number of carbonyl (C=O) groups excluding carboxylic acids is 2. The van der Waals surface area contributed by atoms with Crippen LogP contribution in [0.25, 0.3) is 10.8 Å². The summed E-state index contributed by atoms with van der Waals surface area (Å²) < 4.78 is 6.73. The van der Waals surface area contributed by atoms with Crippen LogP contribution in [0.1, 0.15) is 19.0 Å². The zero-order chi connectivity index (χ0) is 19.4. The van der Waals surface area contributed by atoms with Gasteiger partial charge in [0.1, 0.15) is 0 Å². The van der Waals surface area contributed by atoms with Gasteiger partial charge in [-0.2, -0.15) is 0 Å². The number of ether oxygens (including phenoxy) is 1. The number of amides is 1. The van der Waals surface area contributed by atoms with Gasteiger partial charge < -0.3 is 14.6 Å². The van der Waals surface area contributed by atoms with Crippen LogP contribution >= 0.6 is 11.3 Å². The minimum Gasteiger partial charge on any atom is -0.452 e. The zero-order valence-corrected chi connectivity index (χ0v) is 15.9. The van der Waals surface area contributed by atoms with Gasteiger partial charge in [-0.15, -0.1) is 0 Å². The van der Waals surface area contributed by atoms with E-state index in [4.69, 9.17) is 4.74 Å². The Balaban J connectivity index is 1.58. The Morgan fingerprint density at radius 1 is 1.19 bits per heavy atom. The fourth-order valence-electron chi connectivity index (χ4n) is 2.76. The number of aryl methyl sites for hydroxylation is 1. The molecule has 1 heterocycles. The number of thiazole rings is 1. The first-order chi connectivity index (χ1) is 13.0. The van der Waals surface area contributed by atoms with Gasteiger partial charge in [-0.25, -0.2) is 0 Å². The lowest BCUT2D eigenvalue weighted by molar-refractivity contribution is -0.153. The molecule has 1 amide bonds. The molecule has 1 unspecified atom stereocenters. The number of nitrogens with zero attached hydrogens (tertiary/aromatic N) is 1. The summed E-state index contributed by atoms with van der Waals surface area (Å²) in [6.07, 6.45) is -0.902. The molecule has 0 saturated heterocycles. The highest BCUT2D eigenvalue weighted by Gasteiger charge is 2.19. The lowest BCUT2D eigenvalue weighted by Crippen LogP contribution is -2.30. The van der Waals surface area contributed by atoms with Gasteiger partial charge in [-0.05, 0) is 25.3 Å². The summed E-state index contributed by atoms with van der Waals surface area (Å²) in [4.78, 5) is 36.0. The first-order valence-electron chi connectivity index (χ1n) is 8.59. The number of hydrogen-bond donors (Lipinski definition) is 1. The third-order valence-corrected chi connectivity index (χ3v) is 5.12. The second kappa shape index (κ2) is 8.18. The molecule has 0 radical (unpaired) electrons. The van der Waals surface area contributed by atoms with E-state index in [0.717, 1.165) is 27.8 Å². The molecular formula is C20H20N2O4S. The van der Waals surface area contributed by atoms with Crippen molar-refractivity contribution in [2.45, 2.75) is 32.9 Å². The molecule has 0 bridgehead atoms. The van der Waals surface area contributed by atoms with E-state index in [9.17, 15) is 14.4 Å². The van der Waals surface area contributed by atoms with Gasteiger partial charge in [0, 0.05) is 28.7 Å². The number of fused-ring (bicyclic) bond motifs is 1. The Hall–Kier alpha value is -2.93. The molecule has 2 aromatic carbocycles. The number of aromatic nitrogens is 1. The van der Waals surface area contributed by atoms with E-state index in [1.165, 1.54) is 11.5 Å². The Bertz CT molecular complexity index is 1030. The first-order valence-corrected chi connectivity index (χ1v) is 9.46. The van der Waals surface area contributed by atoms with E-state index < -0.39 is 18.0 Å². The van der Waals surface area contributed by atoms with Crippen molar-refractivity contribution < 1.29 is 14.3 Å². The second-order valence-electron chi connectivity index (χ2n) is 6.19. The van der Waals surface area contributed by atoms with Crippen LogP contribution < -0.4 is 10.2 Å². The number of esters is 1. The molecule has 1 atom stereocenters. The lowest BCUT2D eigenvalue weighted by Gasteiger charge is -2.15. The predicted octanol–water partition coefficient (Wildman–Crippen LogP) is 3.33. The van der Waals surface area contributed by atoms with Crippen LogP contribution in [-0.2, 0) is 20.9 Å².